The minimum atomic E-state index is -3.00. The van der Waals surface area contributed by atoms with E-state index in [1.54, 1.807) is 0 Å². The van der Waals surface area contributed by atoms with E-state index < -0.39 is 16.1 Å². The third kappa shape index (κ3) is 4.25. The van der Waals surface area contributed by atoms with Crippen LogP contribution in [-0.4, -0.2) is 21.9 Å². The molecule has 6 aromatic rings. The van der Waals surface area contributed by atoms with Gasteiger partial charge in [-0.15, -0.1) is 13.2 Å². The summed E-state index contributed by atoms with van der Waals surface area (Å²) in [4.78, 5) is 16.3. The molecule has 3 heteroatoms. The van der Waals surface area contributed by atoms with Crippen LogP contribution in [0.3, 0.4) is 0 Å². The van der Waals surface area contributed by atoms with Crippen molar-refractivity contribution in [1.82, 2.24) is 0 Å². The van der Waals surface area contributed by atoms with Gasteiger partial charge in [-0.3, -0.25) is 4.79 Å². The molecule has 0 unspecified atom stereocenters. The summed E-state index contributed by atoms with van der Waals surface area (Å²) < 4.78 is 0. The maximum Gasteiger partial charge on any atom is 0.179 e. The Kier molecular flexibility index (Phi) is 7.52. The van der Waals surface area contributed by atoms with E-state index in [0.717, 1.165) is 21.5 Å². The molecule has 0 atom stereocenters. The molecule has 0 aromatic heterocycles. The molecule has 0 aliphatic heterocycles. The zero-order valence-corrected chi connectivity index (χ0v) is 28.9. The van der Waals surface area contributed by atoms with Crippen LogP contribution in [0, 0.1) is 0 Å². The molecular weight excluding hydrogens is 613 g/mol. The van der Waals surface area contributed by atoms with Gasteiger partial charge in [0.05, 0.1) is 0 Å². The van der Waals surface area contributed by atoms with Crippen molar-refractivity contribution in [2.45, 2.75) is 12.1 Å². The standard InChI is InChI=1S/C45H36OSi2/c1-3-31-47(34-21-9-5-10-22-34,35-23-11-6-12-24-35)44-41-38-29-17-19-33-20-18-30-39(40(33)38)42(41)45(43(44)46)48(32-4-2,36-25-13-7-14-26-36)37-27-15-8-16-28-37/h3-30H,1-2,31-32H2. The largest absolute Gasteiger partial charge is 0.290 e. The molecule has 2 aliphatic rings. The molecule has 0 amide bonds. The number of hydrogen-bond acceptors (Lipinski definition) is 1. The maximum absolute atomic E-state index is 16.3. The maximum atomic E-state index is 16.3. The molecule has 0 spiro atoms. The van der Waals surface area contributed by atoms with Crippen LogP contribution in [0.2, 0.25) is 12.1 Å². The number of rotatable bonds is 10. The Hall–Kier alpha value is -5.36. The van der Waals surface area contributed by atoms with Crippen LogP contribution >= 0.6 is 0 Å². The lowest BCUT2D eigenvalue weighted by Crippen LogP contribution is -2.64. The summed E-state index contributed by atoms with van der Waals surface area (Å²) in [6.45, 7) is 8.66. The monoisotopic (exact) mass is 648 g/mol. The molecule has 0 bridgehead atoms. The fourth-order valence-electron chi connectivity index (χ4n) is 8.62. The van der Waals surface area contributed by atoms with Crippen LogP contribution in [0.4, 0.5) is 0 Å². The van der Waals surface area contributed by atoms with E-state index in [9.17, 15) is 0 Å². The highest BCUT2D eigenvalue weighted by molar-refractivity contribution is 7.16. The van der Waals surface area contributed by atoms with Gasteiger partial charge >= 0.3 is 0 Å². The predicted molar refractivity (Wildman–Crippen MR) is 209 cm³/mol. The van der Waals surface area contributed by atoms with E-state index in [0.29, 0.717) is 12.1 Å². The fraction of sp³-hybridized carbons (Fsp3) is 0.0444. The van der Waals surface area contributed by atoms with Crippen LogP contribution in [0.25, 0.3) is 21.9 Å². The zero-order valence-electron chi connectivity index (χ0n) is 26.9. The van der Waals surface area contributed by atoms with Gasteiger partial charge in [-0.1, -0.05) is 170 Å². The van der Waals surface area contributed by atoms with E-state index in [-0.39, 0.29) is 5.78 Å². The molecule has 230 valence electrons. The number of Topliss-reactive ketones (excluding diaryl/α,β-unsaturated/α-hetero) is 1. The Morgan fingerprint density at radius 3 is 1.08 bits per heavy atom. The number of ketones is 1. The molecular formula is C45H36OSi2. The molecule has 0 heterocycles. The molecule has 0 radical (unpaired) electrons. The number of benzene rings is 6. The summed E-state index contributed by atoms with van der Waals surface area (Å²) in [5, 5.41) is 9.34. The second-order valence-corrected chi connectivity index (χ2v) is 20.5. The van der Waals surface area contributed by atoms with Crippen molar-refractivity contribution in [2.24, 2.45) is 0 Å². The predicted octanol–water partition coefficient (Wildman–Crippen LogP) is 7.92. The summed E-state index contributed by atoms with van der Waals surface area (Å²) in [6.07, 6.45) is 4.10. The highest BCUT2D eigenvalue weighted by Crippen LogP contribution is 2.56. The Morgan fingerprint density at radius 2 is 0.771 bits per heavy atom. The Labute approximate surface area is 285 Å². The first kappa shape index (κ1) is 30.0. The van der Waals surface area contributed by atoms with Crippen LogP contribution in [0.1, 0.15) is 11.1 Å². The SMILES string of the molecule is C=CC[Si](C1=C2C(=C([Si](CC=C)(c3ccccc3)c3ccccc3)C1=O)c1cccc3cccc2c13)(c1ccccc1)c1ccccc1. The average molecular weight is 649 g/mol. The van der Waals surface area contributed by atoms with E-state index in [2.05, 4.69) is 183 Å². The summed E-state index contributed by atoms with van der Waals surface area (Å²) in [5.41, 5.74) is 4.62. The van der Waals surface area contributed by atoms with Crippen molar-refractivity contribution < 1.29 is 4.79 Å². The summed E-state index contributed by atoms with van der Waals surface area (Å²) >= 11 is 0. The highest BCUT2D eigenvalue weighted by atomic mass is 28.3. The second kappa shape index (κ2) is 12.0. The van der Waals surface area contributed by atoms with Crippen molar-refractivity contribution in [3.8, 4) is 0 Å². The fourth-order valence-corrected chi connectivity index (χ4v) is 18.2. The van der Waals surface area contributed by atoms with Crippen molar-refractivity contribution in [2.75, 3.05) is 0 Å². The number of hydrogen-bond donors (Lipinski definition) is 0. The van der Waals surface area contributed by atoms with Gasteiger partial charge in [-0.2, -0.15) is 0 Å². The van der Waals surface area contributed by atoms with Crippen molar-refractivity contribution in [3.05, 3.63) is 205 Å². The average Bonchev–Trinajstić information content (AvgIpc) is 3.63. The first-order chi connectivity index (χ1) is 23.7. The molecule has 0 N–H and O–H groups in total. The van der Waals surface area contributed by atoms with Crippen molar-refractivity contribution in [3.63, 3.8) is 0 Å². The van der Waals surface area contributed by atoms with Crippen LogP contribution in [0.15, 0.2) is 193 Å². The van der Waals surface area contributed by atoms with Gasteiger partial charge in [-0.05, 0) is 65.9 Å². The molecule has 0 saturated carbocycles. The third-order valence-corrected chi connectivity index (χ3v) is 20.2. The first-order valence-electron chi connectivity index (χ1n) is 16.7. The van der Waals surface area contributed by atoms with Crippen LogP contribution in [0.5, 0.6) is 0 Å². The Morgan fingerprint density at radius 1 is 0.438 bits per heavy atom. The normalized spacial score (nSPS) is 14.0. The molecule has 8 rings (SSSR count). The van der Waals surface area contributed by atoms with Gasteiger partial charge in [0.25, 0.3) is 0 Å². The molecule has 2 aliphatic carbocycles. The van der Waals surface area contributed by atoms with Crippen LogP contribution < -0.4 is 20.7 Å². The summed E-state index contributed by atoms with van der Waals surface area (Å²) in [6, 6.07) is 57.9. The third-order valence-electron chi connectivity index (χ3n) is 10.5. The quantitative estimate of drug-likeness (QED) is 0.109. The minimum absolute atomic E-state index is 0.203. The first-order valence-corrected chi connectivity index (χ1v) is 21.1. The lowest BCUT2D eigenvalue weighted by atomic mass is 10.0. The van der Waals surface area contributed by atoms with Crippen LogP contribution in [-0.2, 0) is 4.79 Å². The molecule has 0 saturated heterocycles. The summed E-state index contributed by atoms with van der Waals surface area (Å²) in [5.74, 6) is 0.203. The van der Waals surface area contributed by atoms with E-state index in [4.69, 9.17) is 0 Å². The van der Waals surface area contributed by atoms with Gasteiger partial charge in [-0.25, -0.2) is 0 Å². The summed E-state index contributed by atoms with van der Waals surface area (Å²) in [7, 11) is -6.00. The number of carbonyl (C=O) groups excluding carboxylic acids is 1. The molecule has 0 fully saturated rings. The number of fused-ring (bicyclic) bond motifs is 3. The lowest BCUT2D eigenvalue weighted by molar-refractivity contribution is -0.111. The molecule has 48 heavy (non-hydrogen) atoms. The number of allylic oxidation sites excluding steroid dienone is 6. The second-order valence-electron chi connectivity index (χ2n) is 12.8. The topological polar surface area (TPSA) is 17.1 Å². The van der Waals surface area contributed by atoms with Gasteiger partial charge in [0.2, 0.25) is 0 Å². The van der Waals surface area contributed by atoms with Gasteiger partial charge in [0.15, 0.2) is 21.9 Å². The molecule has 1 nitrogen and oxygen atoms in total. The smallest absolute Gasteiger partial charge is 0.179 e. The molecule has 6 aromatic carbocycles. The van der Waals surface area contributed by atoms with E-state index >= 15 is 4.79 Å². The highest BCUT2D eigenvalue weighted by Gasteiger charge is 2.56. The number of carbonyl (C=O) groups is 1. The van der Waals surface area contributed by atoms with Gasteiger partial charge < -0.3 is 0 Å². The Bertz CT molecular complexity index is 2030. The lowest BCUT2D eigenvalue weighted by Gasteiger charge is -2.37. The van der Waals surface area contributed by atoms with E-state index in [1.807, 2.05) is 0 Å². The van der Waals surface area contributed by atoms with Gasteiger partial charge in [0, 0.05) is 10.4 Å². The van der Waals surface area contributed by atoms with Crippen molar-refractivity contribution >= 4 is 64.6 Å². The van der Waals surface area contributed by atoms with Gasteiger partial charge in [0.1, 0.15) is 0 Å². The minimum Gasteiger partial charge on any atom is -0.290 e. The zero-order chi connectivity index (χ0) is 32.7. The van der Waals surface area contributed by atoms with Crippen molar-refractivity contribution in [1.29, 1.82) is 0 Å². The Balaban J connectivity index is 1.58. The van der Waals surface area contributed by atoms with E-state index in [1.165, 1.54) is 42.6 Å².